The van der Waals surface area contributed by atoms with Crippen LogP contribution in [-0.4, -0.2) is 25.0 Å². The van der Waals surface area contributed by atoms with Crippen molar-refractivity contribution < 1.29 is 5.11 Å². The number of nitrogens with zero attached hydrogens (tertiary/aromatic N) is 1. The predicted octanol–water partition coefficient (Wildman–Crippen LogP) is 0.235. The molecule has 0 unspecified atom stereocenters. The summed E-state index contributed by atoms with van der Waals surface area (Å²) >= 11 is 0. The summed E-state index contributed by atoms with van der Waals surface area (Å²) in [5.74, 6) is 0. The minimum Gasteiger partial charge on any atom is -0.392 e. The number of aliphatic hydroxyl groups is 1. The Morgan fingerprint density at radius 1 is 2.00 bits per heavy atom. The average Bonchev–Trinajstić information content (AvgIpc) is 1.68. The van der Waals surface area contributed by atoms with Gasteiger partial charge in [-0.15, -0.1) is 0 Å². The lowest BCUT2D eigenvalue weighted by atomic mass is 10.4. The molecule has 0 heterocycles. The molecule has 40 valence electrons. The van der Waals surface area contributed by atoms with Crippen LogP contribution in [0.25, 0.3) is 0 Å². The van der Waals surface area contributed by atoms with E-state index in [1.165, 1.54) is 6.21 Å². The number of rotatable bonds is 2. The van der Waals surface area contributed by atoms with Gasteiger partial charge in [-0.3, -0.25) is 4.99 Å². The molecule has 0 saturated heterocycles. The van der Waals surface area contributed by atoms with Crippen molar-refractivity contribution in [1.82, 2.24) is 0 Å². The molecular formula is C5H9NO. The summed E-state index contributed by atoms with van der Waals surface area (Å²) in [6, 6.07) is 0. The fourth-order valence-corrected chi connectivity index (χ4v) is 0.223. The van der Waals surface area contributed by atoms with Crippen LogP contribution in [-0.2, 0) is 0 Å². The standard InChI is InChI=1S/C5H9NO/c1-5(4-7)3-6-2/h3,7H,1,4H2,2H3. The molecule has 0 spiro atoms. The highest BCUT2D eigenvalue weighted by Gasteiger charge is 1.77. The van der Waals surface area contributed by atoms with Crippen LogP contribution in [0.15, 0.2) is 17.1 Å². The van der Waals surface area contributed by atoms with Gasteiger partial charge >= 0.3 is 0 Å². The molecule has 0 bridgehead atoms. The lowest BCUT2D eigenvalue weighted by Gasteiger charge is -1.84. The summed E-state index contributed by atoms with van der Waals surface area (Å²) in [5, 5.41) is 8.28. The van der Waals surface area contributed by atoms with Gasteiger partial charge in [-0.2, -0.15) is 0 Å². The lowest BCUT2D eigenvalue weighted by Crippen LogP contribution is -1.87. The van der Waals surface area contributed by atoms with Crippen LogP contribution in [0.2, 0.25) is 0 Å². The van der Waals surface area contributed by atoms with Crippen LogP contribution < -0.4 is 0 Å². The van der Waals surface area contributed by atoms with E-state index in [1.54, 1.807) is 7.05 Å². The quantitative estimate of drug-likeness (QED) is 0.494. The van der Waals surface area contributed by atoms with Gasteiger partial charge in [0.25, 0.3) is 0 Å². The number of aliphatic hydroxyl groups excluding tert-OH is 1. The van der Waals surface area contributed by atoms with E-state index >= 15 is 0 Å². The van der Waals surface area contributed by atoms with Crippen molar-refractivity contribution >= 4 is 6.21 Å². The third-order valence-electron chi connectivity index (χ3n) is 0.515. The van der Waals surface area contributed by atoms with Crippen LogP contribution >= 0.6 is 0 Å². The Morgan fingerprint density at radius 2 is 2.57 bits per heavy atom. The van der Waals surface area contributed by atoms with Crippen molar-refractivity contribution in [2.24, 2.45) is 4.99 Å². The maximum absolute atomic E-state index is 8.28. The summed E-state index contributed by atoms with van der Waals surface area (Å²) in [4.78, 5) is 3.62. The van der Waals surface area contributed by atoms with Gasteiger partial charge in [-0.05, 0) is 5.57 Å². The first-order valence-corrected chi connectivity index (χ1v) is 2.02. The lowest BCUT2D eigenvalue weighted by molar-refractivity contribution is 0.338. The molecule has 0 aliphatic rings. The Bertz CT molecular complexity index is 86.1. The average molecular weight is 99.1 g/mol. The minimum absolute atomic E-state index is 0.00264. The first-order chi connectivity index (χ1) is 3.31. The van der Waals surface area contributed by atoms with E-state index in [1.807, 2.05) is 0 Å². The molecule has 0 aromatic carbocycles. The van der Waals surface area contributed by atoms with Crippen LogP contribution in [0, 0.1) is 0 Å². The largest absolute Gasteiger partial charge is 0.392 e. The predicted molar refractivity (Wildman–Crippen MR) is 30.6 cm³/mol. The first kappa shape index (κ1) is 6.37. The zero-order chi connectivity index (χ0) is 5.70. The third-order valence-corrected chi connectivity index (χ3v) is 0.515. The zero-order valence-electron chi connectivity index (χ0n) is 4.39. The summed E-state index contributed by atoms with van der Waals surface area (Å²) < 4.78 is 0. The van der Waals surface area contributed by atoms with E-state index in [9.17, 15) is 0 Å². The maximum atomic E-state index is 8.28. The monoisotopic (exact) mass is 99.1 g/mol. The van der Waals surface area contributed by atoms with Crippen molar-refractivity contribution in [3.05, 3.63) is 12.2 Å². The fourth-order valence-electron chi connectivity index (χ4n) is 0.223. The molecule has 2 nitrogen and oxygen atoms in total. The second-order valence-electron chi connectivity index (χ2n) is 1.20. The van der Waals surface area contributed by atoms with Crippen molar-refractivity contribution in [3.63, 3.8) is 0 Å². The molecule has 0 aromatic rings. The van der Waals surface area contributed by atoms with Gasteiger partial charge in [0, 0.05) is 13.3 Å². The molecule has 0 aliphatic heterocycles. The van der Waals surface area contributed by atoms with E-state index in [0.717, 1.165) is 0 Å². The molecule has 1 N–H and O–H groups in total. The van der Waals surface area contributed by atoms with Crippen LogP contribution in [0.4, 0.5) is 0 Å². The van der Waals surface area contributed by atoms with Crippen molar-refractivity contribution in [2.45, 2.75) is 0 Å². The van der Waals surface area contributed by atoms with Gasteiger partial charge in [-0.1, -0.05) is 6.58 Å². The molecule has 0 amide bonds. The summed E-state index contributed by atoms with van der Waals surface area (Å²) in [6.45, 7) is 3.46. The van der Waals surface area contributed by atoms with Gasteiger partial charge in [0.2, 0.25) is 0 Å². The summed E-state index contributed by atoms with van der Waals surface area (Å²) in [5.41, 5.74) is 0.641. The maximum Gasteiger partial charge on any atom is 0.0690 e. The van der Waals surface area contributed by atoms with Crippen LogP contribution in [0.3, 0.4) is 0 Å². The number of hydrogen-bond acceptors (Lipinski definition) is 2. The molecule has 0 aliphatic carbocycles. The zero-order valence-corrected chi connectivity index (χ0v) is 4.39. The second kappa shape index (κ2) is 3.56. The molecule has 0 atom stereocenters. The van der Waals surface area contributed by atoms with Crippen molar-refractivity contribution in [2.75, 3.05) is 13.7 Å². The first-order valence-electron chi connectivity index (χ1n) is 2.02. The minimum atomic E-state index is -0.00264. The topological polar surface area (TPSA) is 32.6 Å². The molecule has 7 heavy (non-hydrogen) atoms. The molecule has 0 saturated carbocycles. The Morgan fingerprint density at radius 3 is 2.71 bits per heavy atom. The van der Waals surface area contributed by atoms with E-state index < -0.39 is 0 Å². The molecule has 0 rings (SSSR count). The number of hydrogen-bond donors (Lipinski definition) is 1. The van der Waals surface area contributed by atoms with E-state index in [0.29, 0.717) is 5.57 Å². The van der Waals surface area contributed by atoms with Gasteiger partial charge in [0.1, 0.15) is 0 Å². The highest BCUT2D eigenvalue weighted by Crippen LogP contribution is 1.77. The van der Waals surface area contributed by atoms with E-state index in [4.69, 9.17) is 5.11 Å². The van der Waals surface area contributed by atoms with Gasteiger partial charge in [0.15, 0.2) is 0 Å². The third kappa shape index (κ3) is 3.19. The molecular weight excluding hydrogens is 90.1 g/mol. The van der Waals surface area contributed by atoms with Gasteiger partial charge < -0.3 is 5.11 Å². The Labute approximate surface area is 43.2 Å². The smallest absolute Gasteiger partial charge is 0.0690 e. The van der Waals surface area contributed by atoms with Crippen LogP contribution in [0.1, 0.15) is 0 Å². The van der Waals surface area contributed by atoms with Crippen molar-refractivity contribution in [3.8, 4) is 0 Å². The van der Waals surface area contributed by atoms with Gasteiger partial charge in [-0.25, -0.2) is 0 Å². The SMILES string of the molecule is C=C(C=NC)CO. The fraction of sp³-hybridized carbons (Fsp3) is 0.400. The summed E-state index contributed by atoms with van der Waals surface area (Å²) in [6.07, 6.45) is 1.53. The second-order valence-corrected chi connectivity index (χ2v) is 1.20. The van der Waals surface area contributed by atoms with Gasteiger partial charge in [0.05, 0.1) is 6.61 Å². The van der Waals surface area contributed by atoms with E-state index in [-0.39, 0.29) is 6.61 Å². The molecule has 0 aromatic heterocycles. The summed E-state index contributed by atoms with van der Waals surface area (Å²) in [7, 11) is 1.64. The van der Waals surface area contributed by atoms with Crippen LogP contribution in [0.5, 0.6) is 0 Å². The highest BCUT2D eigenvalue weighted by atomic mass is 16.3. The number of aliphatic imine (C=N–C) groups is 1. The Kier molecular flexibility index (Phi) is 3.24. The normalized spacial score (nSPS) is 10.0. The Hall–Kier alpha value is -0.630. The molecule has 0 radical (unpaired) electrons. The van der Waals surface area contributed by atoms with E-state index in [2.05, 4.69) is 11.6 Å². The highest BCUT2D eigenvalue weighted by molar-refractivity contribution is 5.77. The van der Waals surface area contributed by atoms with Crippen molar-refractivity contribution in [1.29, 1.82) is 0 Å². The molecule has 0 fully saturated rings. The molecule has 2 heteroatoms. The Balaban J connectivity index is 3.37.